The Kier molecular flexibility index (Phi) is 6.23. The van der Waals surface area contributed by atoms with Gasteiger partial charge in [-0.25, -0.2) is 0 Å². The van der Waals surface area contributed by atoms with Gasteiger partial charge in [-0.2, -0.15) is 0 Å². The predicted molar refractivity (Wildman–Crippen MR) is 129 cm³/mol. The first-order valence-corrected chi connectivity index (χ1v) is 11.2. The summed E-state index contributed by atoms with van der Waals surface area (Å²) in [6, 6.07) is 15.3. The summed E-state index contributed by atoms with van der Waals surface area (Å²) in [5.74, 6) is 0.202. The van der Waals surface area contributed by atoms with Gasteiger partial charge < -0.3 is 20.4 Å². The van der Waals surface area contributed by atoms with Gasteiger partial charge in [-0.15, -0.1) is 0 Å². The van der Waals surface area contributed by atoms with Crippen LogP contribution in [0.2, 0.25) is 0 Å². The monoisotopic (exact) mass is 422 g/mol. The second kappa shape index (κ2) is 9.04. The summed E-state index contributed by atoms with van der Waals surface area (Å²) in [6.45, 7) is 6.96. The SMILES string of the molecule is Cc1ccc(NC(=S)NCCCN2c3ccccc3C[C@H]2C)cc1N1CCCC1=O. The van der Waals surface area contributed by atoms with E-state index in [-0.39, 0.29) is 5.91 Å². The van der Waals surface area contributed by atoms with Crippen LogP contribution in [0.1, 0.15) is 37.3 Å². The molecule has 1 atom stereocenters. The van der Waals surface area contributed by atoms with Crippen LogP contribution in [0.25, 0.3) is 0 Å². The second-order valence-electron chi connectivity index (χ2n) is 8.26. The van der Waals surface area contributed by atoms with Gasteiger partial charge in [0.1, 0.15) is 0 Å². The van der Waals surface area contributed by atoms with Crippen molar-refractivity contribution in [1.29, 1.82) is 0 Å². The highest BCUT2D eigenvalue weighted by atomic mass is 32.1. The molecule has 2 N–H and O–H groups in total. The number of fused-ring (bicyclic) bond motifs is 1. The maximum Gasteiger partial charge on any atom is 0.227 e. The molecule has 6 heteroatoms. The quantitative estimate of drug-likeness (QED) is 0.538. The molecule has 0 aromatic heterocycles. The Balaban J connectivity index is 1.27. The van der Waals surface area contributed by atoms with Crippen LogP contribution in [0.3, 0.4) is 0 Å². The Morgan fingerprint density at radius 2 is 2.03 bits per heavy atom. The summed E-state index contributed by atoms with van der Waals surface area (Å²) >= 11 is 5.49. The number of amides is 1. The number of nitrogens with zero attached hydrogens (tertiary/aromatic N) is 2. The van der Waals surface area contributed by atoms with Crippen molar-refractivity contribution in [2.24, 2.45) is 0 Å². The number of carbonyl (C=O) groups is 1. The number of benzene rings is 2. The van der Waals surface area contributed by atoms with E-state index in [0.29, 0.717) is 17.6 Å². The van der Waals surface area contributed by atoms with Crippen LogP contribution in [-0.4, -0.2) is 36.7 Å². The van der Waals surface area contributed by atoms with E-state index in [2.05, 4.69) is 46.7 Å². The number of para-hydroxylation sites is 1. The zero-order chi connectivity index (χ0) is 21.1. The molecule has 2 aromatic carbocycles. The van der Waals surface area contributed by atoms with Gasteiger partial charge in [0.05, 0.1) is 0 Å². The minimum atomic E-state index is 0.202. The van der Waals surface area contributed by atoms with Crippen molar-refractivity contribution < 1.29 is 4.79 Å². The third kappa shape index (κ3) is 4.43. The molecule has 30 heavy (non-hydrogen) atoms. The topological polar surface area (TPSA) is 47.6 Å². The summed E-state index contributed by atoms with van der Waals surface area (Å²) in [5, 5.41) is 7.21. The second-order valence-corrected chi connectivity index (χ2v) is 8.67. The van der Waals surface area contributed by atoms with Crippen molar-refractivity contribution in [1.82, 2.24) is 5.32 Å². The van der Waals surface area contributed by atoms with Crippen LogP contribution < -0.4 is 20.4 Å². The molecular weight excluding hydrogens is 392 g/mol. The van der Waals surface area contributed by atoms with Crippen LogP contribution in [-0.2, 0) is 11.2 Å². The first-order chi connectivity index (χ1) is 14.5. The lowest BCUT2D eigenvalue weighted by Crippen LogP contribution is -2.34. The molecule has 1 saturated heterocycles. The predicted octanol–water partition coefficient (Wildman–Crippen LogP) is 4.25. The Hall–Kier alpha value is -2.60. The van der Waals surface area contributed by atoms with Crippen molar-refractivity contribution in [3.05, 3.63) is 53.6 Å². The van der Waals surface area contributed by atoms with E-state index in [1.807, 2.05) is 30.0 Å². The van der Waals surface area contributed by atoms with Gasteiger partial charge >= 0.3 is 0 Å². The highest BCUT2D eigenvalue weighted by molar-refractivity contribution is 7.80. The summed E-state index contributed by atoms with van der Waals surface area (Å²) in [7, 11) is 0. The zero-order valence-corrected chi connectivity index (χ0v) is 18.6. The average Bonchev–Trinajstić information content (AvgIpc) is 3.29. The van der Waals surface area contributed by atoms with Crippen LogP contribution >= 0.6 is 12.2 Å². The van der Waals surface area contributed by atoms with E-state index < -0.39 is 0 Å². The first kappa shape index (κ1) is 20.7. The molecule has 0 aliphatic carbocycles. The largest absolute Gasteiger partial charge is 0.368 e. The maximum atomic E-state index is 12.1. The summed E-state index contributed by atoms with van der Waals surface area (Å²) in [4.78, 5) is 16.5. The highest BCUT2D eigenvalue weighted by Crippen LogP contribution is 2.31. The lowest BCUT2D eigenvalue weighted by molar-refractivity contribution is -0.117. The molecule has 0 spiro atoms. The molecule has 2 heterocycles. The van der Waals surface area contributed by atoms with Crippen molar-refractivity contribution in [3.8, 4) is 0 Å². The van der Waals surface area contributed by atoms with Crippen LogP contribution in [0, 0.1) is 6.92 Å². The molecule has 2 aliphatic rings. The lowest BCUT2D eigenvalue weighted by atomic mass is 10.1. The molecule has 2 aromatic rings. The minimum Gasteiger partial charge on any atom is -0.368 e. The number of thiocarbonyl (C=S) groups is 1. The Bertz CT molecular complexity index is 945. The number of hydrogen-bond donors (Lipinski definition) is 2. The van der Waals surface area contributed by atoms with E-state index in [0.717, 1.165) is 55.8 Å². The van der Waals surface area contributed by atoms with Gasteiger partial charge in [0.25, 0.3) is 0 Å². The van der Waals surface area contributed by atoms with Gasteiger partial charge in [0.2, 0.25) is 5.91 Å². The fraction of sp³-hybridized carbons (Fsp3) is 0.417. The Morgan fingerprint density at radius 3 is 2.83 bits per heavy atom. The van der Waals surface area contributed by atoms with E-state index >= 15 is 0 Å². The molecule has 0 radical (unpaired) electrons. The molecule has 5 nitrogen and oxygen atoms in total. The van der Waals surface area contributed by atoms with Crippen molar-refractivity contribution in [3.63, 3.8) is 0 Å². The van der Waals surface area contributed by atoms with Gasteiger partial charge in [-0.1, -0.05) is 24.3 Å². The first-order valence-electron chi connectivity index (χ1n) is 10.8. The van der Waals surface area contributed by atoms with E-state index in [9.17, 15) is 4.79 Å². The molecular formula is C24H30N4OS. The van der Waals surface area contributed by atoms with Gasteiger partial charge in [0, 0.05) is 49.2 Å². The minimum absolute atomic E-state index is 0.202. The Labute approximate surface area is 184 Å². The van der Waals surface area contributed by atoms with E-state index in [1.54, 1.807) is 0 Å². The summed E-state index contributed by atoms with van der Waals surface area (Å²) < 4.78 is 0. The molecule has 158 valence electrons. The molecule has 4 rings (SSSR count). The third-order valence-electron chi connectivity index (χ3n) is 6.04. The normalized spacial score (nSPS) is 17.9. The fourth-order valence-corrected chi connectivity index (χ4v) is 4.70. The fourth-order valence-electron chi connectivity index (χ4n) is 4.48. The number of anilines is 3. The van der Waals surface area contributed by atoms with Crippen molar-refractivity contribution in [2.75, 3.05) is 34.8 Å². The zero-order valence-electron chi connectivity index (χ0n) is 17.8. The maximum absolute atomic E-state index is 12.1. The molecule has 0 bridgehead atoms. The number of rotatable bonds is 6. The molecule has 0 unspecified atom stereocenters. The smallest absolute Gasteiger partial charge is 0.227 e. The molecule has 2 aliphatic heterocycles. The average molecular weight is 423 g/mol. The van der Waals surface area contributed by atoms with Crippen LogP contribution in [0.5, 0.6) is 0 Å². The van der Waals surface area contributed by atoms with Crippen molar-refractivity contribution >= 4 is 40.3 Å². The van der Waals surface area contributed by atoms with Gasteiger partial charge in [0.15, 0.2) is 5.11 Å². The van der Waals surface area contributed by atoms with Crippen molar-refractivity contribution in [2.45, 2.75) is 45.6 Å². The number of carbonyl (C=O) groups excluding carboxylic acids is 1. The molecule has 0 saturated carbocycles. The van der Waals surface area contributed by atoms with Crippen LogP contribution in [0.4, 0.5) is 17.1 Å². The standard InChI is InChI=1S/C24H30N4OS/c1-17-10-11-20(16-22(17)28-13-5-9-23(28)29)26-24(30)25-12-6-14-27-18(2)15-19-7-3-4-8-21(19)27/h3-4,7-8,10-11,16,18H,5-6,9,12-15H2,1-2H3,(H2,25,26,30)/t18-/m1/s1. The van der Waals surface area contributed by atoms with E-state index in [4.69, 9.17) is 12.2 Å². The van der Waals surface area contributed by atoms with Gasteiger partial charge in [-0.3, -0.25) is 4.79 Å². The lowest BCUT2D eigenvalue weighted by Gasteiger charge is -2.25. The number of hydrogen-bond acceptors (Lipinski definition) is 3. The summed E-state index contributed by atoms with van der Waals surface area (Å²) in [6.07, 6.45) is 3.70. The number of aryl methyl sites for hydroxylation is 1. The van der Waals surface area contributed by atoms with E-state index in [1.165, 1.54) is 11.3 Å². The van der Waals surface area contributed by atoms with Crippen LogP contribution in [0.15, 0.2) is 42.5 Å². The molecule has 1 amide bonds. The Morgan fingerprint density at radius 1 is 1.20 bits per heavy atom. The highest BCUT2D eigenvalue weighted by Gasteiger charge is 2.25. The summed E-state index contributed by atoms with van der Waals surface area (Å²) in [5.41, 5.74) is 5.81. The molecule has 1 fully saturated rings. The number of nitrogens with one attached hydrogen (secondary N) is 2. The van der Waals surface area contributed by atoms with Gasteiger partial charge in [-0.05, 0) is 74.7 Å². The third-order valence-corrected chi connectivity index (χ3v) is 6.29.